The second-order valence-corrected chi connectivity index (χ2v) is 8.54. The van der Waals surface area contributed by atoms with Crippen LogP contribution in [0.25, 0.3) is 0 Å². The van der Waals surface area contributed by atoms with Crippen molar-refractivity contribution in [2.75, 3.05) is 6.26 Å². The average Bonchev–Trinajstić information content (AvgIpc) is 1.99. The van der Waals surface area contributed by atoms with Gasteiger partial charge in [0.25, 0.3) is 9.05 Å². The van der Waals surface area contributed by atoms with Crippen molar-refractivity contribution in [1.29, 1.82) is 0 Å². The fourth-order valence-electron chi connectivity index (χ4n) is 0.701. The van der Waals surface area contributed by atoms with Crippen LogP contribution in [-0.4, -0.2) is 23.1 Å². The van der Waals surface area contributed by atoms with Crippen molar-refractivity contribution in [3.63, 3.8) is 0 Å². The van der Waals surface area contributed by atoms with Gasteiger partial charge in [0, 0.05) is 21.4 Å². The number of hydrogen-bond donors (Lipinski definition) is 0. The maximum Gasteiger partial charge on any atom is 0.261 e. The number of hydrogen-bond acceptors (Lipinski definition) is 4. The zero-order valence-corrected chi connectivity index (χ0v) is 11.7. The molecule has 4 nitrogen and oxygen atoms in total. The lowest BCUT2D eigenvalue weighted by Crippen LogP contribution is -1.89. The van der Waals surface area contributed by atoms with E-state index in [0.29, 0.717) is 0 Å². The zero-order chi connectivity index (χ0) is 13.0. The molecule has 0 heterocycles. The van der Waals surface area contributed by atoms with Crippen LogP contribution in [0.1, 0.15) is 5.56 Å². The molecular weight excluding hydrogens is 295 g/mol. The Morgan fingerprint density at radius 2 is 1.25 bits per heavy atom. The van der Waals surface area contributed by atoms with Crippen LogP contribution in [0.5, 0.6) is 0 Å². The Bertz CT molecular complexity index is 524. The molecule has 1 aromatic carbocycles. The third kappa shape index (κ3) is 8.96. The molecule has 0 unspecified atom stereocenters. The minimum absolute atomic E-state index is 0.143. The first kappa shape index (κ1) is 15.7. The molecule has 8 heteroatoms. The monoisotopic (exact) mass is 304 g/mol. The first-order valence-corrected chi connectivity index (χ1v) is 8.94. The number of aryl methyl sites for hydroxylation is 1. The highest BCUT2D eigenvalue weighted by atomic mass is 35.7. The second kappa shape index (κ2) is 5.86. The third-order valence-corrected chi connectivity index (χ3v) is 2.67. The first-order chi connectivity index (χ1) is 7.00. The van der Waals surface area contributed by atoms with Gasteiger partial charge in [-0.15, -0.1) is 0 Å². The summed E-state index contributed by atoms with van der Waals surface area (Å²) < 4.78 is 40.2. The Morgan fingerprint density at radius 3 is 1.50 bits per heavy atom. The van der Waals surface area contributed by atoms with Gasteiger partial charge in [0.15, 0.2) is 0 Å². The van der Waals surface area contributed by atoms with Crippen molar-refractivity contribution < 1.29 is 16.8 Å². The van der Waals surface area contributed by atoms with Crippen LogP contribution in [0.4, 0.5) is 0 Å². The van der Waals surface area contributed by atoms with Crippen LogP contribution in [0, 0.1) is 6.92 Å². The molecule has 0 amide bonds. The van der Waals surface area contributed by atoms with Crippen LogP contribution in [0.3, 0.4) is 0 Å². The minimum Gasteiger partial charge on any atom is -0.213 e. The lowest BCUT2D eigenvalue weighted by Gasteiger charge is -1.94. The van der Waals surface area contributed by atoms with Gasteiger partial charge in [0.1, 0.15) is 0 Å². The highest BCUT2D eigenvalue weighted by molar-refractivity contribution is 8.13. The van der Waals surface area contributed by atoms with E-state index >= 15 is 0 Å². The van der Waals surface area contributed by atoms with Crippen LogP contribution in [0.15, 0.2) is 29.2 Å². The molecule has 0 radical (unpaired) electrons. The predicted molar refractivity (Wildman–Crippen MR) is 64.9 cm³/mol. The van der Waals surface area contributed by atoms with Crippen molar-refractivity contribution in [2.24, 2.45) is 0 Å². The summed E-state index contributed by atoms with van der Waals surface area (Å²) in [6, 6.07) is 6.37. The van der Waals surface area contributed by atoms with E-state index in [2.05, 4.69) is 10.7 Å². The maximum absolute atomic E-state index is 10.7. The summed E-state index contributed by atoms with van der Waals surface area (Å²) in [5.74, 6) is 0. The van der Waals surface area contributed by atoms with E-state index in [1.807, 2.05) is 6.92 Å². The topological polar surface area (TPSA) is 68.3 Å². The van der Waals surface area contributed by atoms with E-state index in [4.69, 9.17) is 10.7 Å². The van der Waals surface area contributed by atoms with E-state index in [9.17, 15) is 16.8 Å². The standard InChI is InChI=1S/C7H7ClO2S.CH3ClO2S/c1-6-2-4-7(5-3-6)11(8,9)10;1-5(2,3)4/h2-5H,1H3;1H3. The van der Waals surface area contributed by atoms with Gasteiger partial charge >= 0.3 is 0 Å². The summed E-state index contributed by atoms with van der Waals surface area (Å²) >= 11 is 0. The molecule has 1 rings (SSSR count). The van der Waals surface area contributed by atoms with E-state index in [-0.39, 0.29) is 4.90 Å². The maximum atomic E-state index is 10.7. The summed E-state index contributed by atoms with van der Waals surface area (Å²) in [6.45, 7) is 1.88. The summed E-state index contributed by atoms with van der Waals surface area (Å²) in [5, 5.41) is 0. The summed E-state index contributed by atoms with van der Waals surface area (Å²) in [7, 11) is 2.84. The van der Waals surface area contributed by atoms with Crippen molar-refractivity contribution in [3.8, 4) is 0 Å². The smallest absolute Gasteiger partial charge is 0.213 e. The number of benzene rings is 1. The molecule has 0 fully saturated rings. The van der Waals surface area contributed by atoms with Gasteiger partial charge in [0.2, 0.25) is 9.05 Å². The molecule has 0 aliphatic heterocycles. The molecule has 0 saturated heterocycles. The second-order valence-electron chi connectivity index (χ2n) is 2.93. The van der Waals surface area contributed by atoms with Gasteiger partial charge in [-0.25, -0.2) is 16.8 Å². The molecule has 0 aliphatic rings. The predicted octanol–water partition coefficient (Wildman–Crippen LogP) is 2.11. The summed E-state index contributed by atoms with van der Waals surface area (Å²) in [4.78, 5) is 0.143. The van der Waals surface area contributed by atoms with Gasteiger partial charge in [-0.3, -0.25) is 0 Å². The molecule has 1 aromatic rings. The van der Waals surface area contributed by atoms with Crippen molar-refractivity contribution in [1.82, 2.24) is 0 Å². The zero-order valence-electron chi connectivity index (χ0n) is 8.51. The van der Waals surface area contributed by atoms with Crippen LogP contribution in [-0.2, 0) is 18.1 Å². The quantitative estimate of drug-likeness (QED) is 0.745. The van der Waals surface area contributed by atoms with Crippen LogP contribution < -0.4 is 0 Å². The Labute approximate surface area is 104 Å². The fraction of sp³-hybridized carbons (Fsp3) is 0.250. The fourth-order valence-corrected chi connectivity index (χ4v) is 1.47. The minimum atomic E-state index is -3.55. The van der Waals surface area contributed by atoms with Crippen LogP contribution >= 0.6 is 21.4 Å². The molecular formula is C8H10Cl2O4S2. The Hall–Kier alpha value is -0.300. The van der Waals surface area contributed by atoms with Gasteiger partial charge < -0.3 is 0 Å². The van der Waals surface area contributed by atoms with Gasteiger partial charge in [-0.05, 0) is 19.1 Å². The molecule has 0 bridgehead atoms. The van der Waals surface area contributed by atoms with Gasteiger partial charge in [-0.1, -0.05) is 17.7 Å². The Kier molecular flexibility index (Phi) is 5.75. The summed E-state index contributed by atoms with van der Waals surface area (Å²) in [6.07, 6.45) is 0.925. The molecule has 16 heavy (non-hydrogen) atoms. The third-order valence-electron chi connectivity index (χ3n) is 1.30. The number of rotatable bonds is 1. The largest absolute Gasteiger partial charge is 0.261 e. The van der Waals surface area contributed by atoms with Crippen LogP contribution in [0.2, 0.25) is 0 Å². The lowest BCUT2D eigenvalue weighted by atomic mass is 10.2. The summed E-state index contributed by atoms with van der Waals surface area (Å²) in [5.41, 5.74) is 1.01. The molecule has 92 valence electrons. The van der Waals surface area contributed by atoms with E-state index < -0.39 is 18.1 Å². The molecule has 0 N–H and O–H groups in total. The van der Waals surface area contributed by atoms with E-state index in [0.717, 1.165) is 11.8 Å². The van der Waals surface area contributed by atoms with Gasteiger partial charge in [-0.2, -0.15) is 0 Å². The van der Waals surface area contributed by atoms with E-state index in [1.165, 1.54) is 12.1 Å². The molecule has 0 saturated carbocycles. The van der Waals surface area contributed by atoms with Crippen molar-refractivity contribution >= 4 is 39.5 Å². The molecule has 0 aliphatic carbocycles. The van der Waals surface area contributed by atoms with E-state index in [1.54, 1.807) is 12.1 Å². The molecule has 0 atom stereocenters. The SMILES string of the molecule is CS(=O)(=O)Cl.Cc1ccc(S(=O)(=O)Cl)cc1. The highest BCUT2D eigenvalue weighted by Crippen LogP contribution is 2.14. The van der Waals surface area contributed by atoms with Crippen molar-refractivity contribution in [2.45, 2.75) is 11.8 Å². The lowest BCUT2D eigenvalue weighted by molar-refractivity contribution is 0.609. The highest BCUT2D eigenvalue weighted by Gasteiger charge is 2.07. The average molecular weight is 305 g/mol. The number of halogens is 2. The molecule has 0 aromatic heterocycles. The van der Waals surface area contributed by atoms with Gasteiger partial charge in [0.05, 0.1) is 11.2 Å². The van der Waals surface area contributed by atoms with Crippen molar-refractivity contribution in [3.05, 3.63) is 29.8 Å². The Morgan fingerprint density at radius 1 is 0.938 bits per heavy atom. The Balaban J connectivity index is 0.000000385. The molecule has 0 spiro atoms. The first-order valence-electron chi connectivity index (χ1n) is 3.91. The normalized spacial score (nSPS) is 11.5.